The topological polar surface area (TPSA) is 445 Å². The van der Waals surface area contributed by atoms with Crippen molar-refractivity contribution in [2.75, 3.05) is 32.9 Å². The van der Waals surface area contributed by atoms with Crippen LogP contribution in [0.15, 0.2) is 0 Å². The van der Waals surface area contributed by atoms with E-state index in [1.807, 2.05) is 37.2 Å². The second kappa shape index (κ2) is 22.6. The molecule has 0 aliphatic heterocycles. The second-order valence-corrected chi connectivity index (χ2v) is 10.2. The number of carboxylic acid groups (broad SMARTS) is 3. The Morgan fingerprint density at radius 3 is 1.22 bits per heavy atom. The number of rotatable bonds is 24. The SMILES string of the molecule is NC(=O)C[C@H](NC(=O)[C@H](CO)NC(=O)[C@H](CO)NC(=O)[C@@H](N)CC(=O)O)C(=O)NCC(=O)N[C@@H](CO)C(=O)N[C@@H](CC(=O)O)C(=O)NCC(=O)O. The Bertz CT molecular complexity index is 1340. The number of carboxylic acids is 3. The maximum Gasteiger partial charge on any atom is 0.322 e. The van der Waals surface area contributed by atoms with E-state index >= 15 is 0 Å². The molecule has 26 heteroatoms. The number of carbonyl (C=O) groups is 11. The van der Waals surface area contributed by atoms with Crippen molar-refractivity contribution in [3.63, 3.8) is 0 Å². The monoisotopic (exact) mass is 737 g/mol. The van der Waals surface area contributed by atoms with Crippen molar-refractivity contribution in [3.05, 3.63) is 0 Å². The highest BCUT2D eigenvalue weighted by atomic mass is 16.4. The summed E-state index contributed by atoms with van der Waals surface area (Å²) in [4.78, 5) is 131. The Labute approximate surface area is 286 Å². The fourth-order valence-electron chi connectivity index (χ4n) is 3.58. The Morgan fingerprint density at radius 1 is 0.451 bits per heavy atom. The molecule has 0 aromatic rings. The van der Waals surface area contributed by atoms with Gasteiger partial charge >= 0.3 is 17.9 Å². The molecule has 0 saturated heterocycles. The third-order valence-electron chi connectivity index (χ3n) is 6.08. The molecule has 26 nitrogen and oxygen atoms in total. The van der Waals surface area contributed by atoms with Gasteiger partial charge in [-0.25, -0.2) is 0 Å². The smallest absolute Gasteiger partial charge is 0.322 e. The lowest BCUT2D eigenvalue weighted by Gasteiger charge is -2.24. The normalized spacial score (nSPS) is 14.0. The summed E-state index contributed by atoms with van der Waals surface area (Å²) in [6.07, 6.45) is -2.75. The number of hydrogen-bond acceptors (Lipinski definition) is 15. The highest BCUT2D eigenvalue weighted by Gasteiger charge is 2.32. The lowest BCUT2D eigenvalue weighted by Crippen LogP contribution is -2.60. The minimum Gasteiger partial charge on any atom is -0.481 e. The van der Waals surface area contributed by atoms with Crippen LogP contribution >= 0.6 is 0 Å². The van der Waals surface area contributed by atoms with Crippen LogP contribution in [0.25, 0.3) is 0 Å². The molecule has 0 unspecified atom stereocenters. The van der Waals surface area contributed by atoms with Gasteiger partial charge in [-0.1, -0.05) is 0 Å². The maximum absolute atomic E-state index is 12.7. The molecular formula is C25H39N9O17. The molecule has 0 aromatic carbocycles. The molecule has 0 rings (SSSR count). The summed E-state index contributed by atoms with van der Waals surface area (Å²) < 4.78 is 0. The van der Waals surface area contributed by atoms with E-state index in [0.717, 1.165) is 0 Å². The maximum atomic E-state index is 12.7. The summed E-state index contributed by atoms with van der Waals surface area (Å²) in [5.74, 6) is -14.4. The van der Waals surface area contributed by atoms with E-state index in [4.69, 9.17) is 26.8 Å². The molecule has 6 atom stereocenters. The summed E-state index contributed by atoms with van der Waals surface area (Å²) >= 11 is 0. The first kappa shape index (κ1) is 45.0. The van der Waals surface area contributed by atoms with E-state index < -0.39 is 154 Å². The summed E-state index contributed by atoms with van der Waals surface area (Å²) in [5.41, 5.74) is 10.5. The van der Waals surface area contributed by atoms with Crippen LogP contribution in [0, 0.1) is 0 Å². The van der Waals surface area contributed by atoms with Gasteiger partial charge in [0.25, 0.3) is 0 Å². The predicted octanol–water partition coefficient (Wildman–Crippen LogP) is -10.1. The molecule has 0 heterocycles. The van der Waals surface area contributed by atoms with Crippen LogP contribution in [0.4, 0.5) is 0 Å². The number of nitrogens with two attached hydrogens (primary N) is 2. The van der Waals surface area contributed by atoms with E-state index in [-0.39, 0.29) is 0 Å². The van der Waals surface area contributed by atoms with Crippen molar-refractivity contribution in [1.82, 2.24) is 37.2 Å². The van der Waals surface area contributed by atoms with E-state index in [1.165, 1.54) is 0 Å². The molecule has 0 radical (unpaired) electrons. The number of aliphatic hydroxyl groups is 3. The molecule has 0 aromatic heterocycles. The van der Waals surface area contributed by atoms with Crippen molar-refractivity contribution in [2.24, 2.45) is 11.5 Å². The number of nitrogens with one attached hydrogen (secondary N) is 7. The quantitative estimate of drug-likeness (QED) is 0.0437. The van der Waals surface area contributed by atoms with Gasteiger partial charge in [-0.15, -0.1) is 0 Å². The summed E-state index contributed by atoms with van der Waals surface area (Å²) in [7, 11) is 0. The van der Waals surface area contributed by atoms with Crippen molar-refractivity contribution in [3.8, 4) is 0 Å². The van der Waals surface area contributed by atoms with Gasteiger partial charge in [-0.05, 0) is 0 Å². The molecule has 0 spiro atoms. The van der Waals surface area contributed by atoms with Crippen molar-refractivity contribution >= 4 is 65.2 Å². The molecule has 0 aliphatic carbocycles. The van der Waals surface area contributed by atoms with Gasteiger partial charge in [0, 0.05) is 0 Å². The number of aliphatic carboxylic acids is 3. The van der Waals surface area contributed by atoms with Gasteiger partial charge in [0.1, 0.15) is 36.8 Å². The van der Waals surface area contributed by atoms with Crippen molar-refractivity contribution in [1.29, 1.82) is 0 Å². The van der Waals surface area contributed by atoms with Gasteiger partial charge in [0.05, 0.1) is 51.7 Å². The fraction of sp³-hybridized carbons (Fsp3) is 0.560. The highest BCUT2D eigenvalue weighted by molar-refractivity contribution is 5.98. The standard InChI is InChI=1S/C25H39N9O17/c26-9(1-17(40)41)20(46)33-13(7-36)25(51)34-14(8-37)24(50)31-10(2-15(27)38)21(47)28-4-16(39)30-12(6-35)23(49)32-11(3-18(42)43)22(48)29-5-19(44)45/h9-14,35-37H,1-8,26H2,(H2,27,38)(H,28,47)(H,29,48)(H,30,39)(H,31,50)(H,32,49)(H,33,46)(H,34,51)(H,40,41)(H,42,43)(H,44,45)/t9-,10-,11-,12-,13-,14-/m0/s1. The van der Waals surface area contributed by atoms with Gasteiger partial charge in [-0.2, -0.15) is 0 Å². The third-order valence-corrected chi connectivity index (χ3v) is 6.08. The predicted molar refractivity (Wildman–Crippen MR) is 161 cm³/mol. The molecule has 0 aliphatic rings. The zero-order chi connectivity index (χ0) is 39.4. The number of aliphatic hydroxyl groups excluding tert-OH is 3. The van der Waals surface area contributed by atoms with E-state index in [2.05, 4.69) is 0 Å². The number of carbonyl (C=O) groups excluding carboxylic acids is 8. The molecule has 0 fully saturated rings. The zero-order valence-corrected chi connectivity index (χ0v) is 26.4. The number of primary amides is 1. The number of hydrogen-bond donors (Lipinski definition) is 15. The van der Waals surface area contributed by atoms with Crippen LogP contribution in [-0.4, -0.2) is 165 Å². The van der Waals surface area contributed by atoms with Gasteiger partial charge < -0.3 is 79.3 Å². The third kappa shape index (κ3) is 17.8. The molecule has 0 bridgehead atoms. The first-order chi connectivity index (χ1) is 23.7. The lowest BCUT2D eigenvalue weighted by atomic mass is 10.1. The Hall–Kier alpha value is -5.99. The average molecular weight is 738 g/mol. The van der Waals surface area contributed by atoms with Gasteiger partial charge in [-0.3, -0.25) is 52.7 Å². The fourth-order valence-corrected chi connectivity index (χ4v) is 3.58. The molecular weight excluding hydrogens is 698 g/mol. The van der Waals surface area contributed by atoms with Gasteiger partial charge in [0.15, 0.2) is 0 Å². The lowest BCUT2D eigenvalue weighted by molar-refractivity contribution is -0.142. The van der Waals surface area contributed by atoms with Crippen LogP contribution in [0.3, 0.4) is 0 Å². The van der Waals surface area contributed by atoms with Crippen molar-refractivity contribution in [2.45, 2.75) is 55.5 Å². The average Bonchev–Trinajstić information content (AvgIpc) is 3.04. The minimum absolute atomic E-state index is 0.831. The Morgan fingerprint density at radius 2 is 0.824 bits per heavy atom. The summed E-state index contributed by atoms with van der Waals surface area (Å²) in [5, 5.41) is 68.5. The van der Waals surface area contributed by atoms with Crippen LogP contribution in [-0.2, 0) is 52.7 Å². The molecule has 51 heavy (non-hydrogen) atoms. The number of amides is 8. The first-order valence-electron chi connectivity index (χ1n) is 14.3. The van der Waals surface area contributed by atoms with Crippen LogP contribution in [0.1, 0.15) is 19.3 Å². The first-order valence-corrected chi connectivity index (χ1v) is 14.3. The van der Waals surface area contributed by atoms with Gasteiger partial charge in [0.2, 0.25) is 47.3 Å². The van der Waals surface area contributed by atoms with Crippen LogP contribution < -0.4 is 48.7 Å². The molecule has 286 valence electrons. The van der Waals surface area contributed by atoms with Crippen LogP contribution in [0.5, 0.6) is 0 Å². The molecule has 17 N–H and O–H groups in total. The second-order valence-electron chi connectivity index (χ2n) is 10.2. The van der Waals surface area contributed by atoms with Crippen LogP contribution in [0.2, 0.25) is 0 Å². The molecule has 8 amide bonds. The van der Waals surface area contributed by atoms with Crippen molar-refractivity contribution < 1.29 is 83.4 Å². The van der Waals surface area contributed by atoms with E-state index in [9.17, 15) is 68.1 Å². The summed E-state index contributed by atoms with van der Waals surface area (Å²) in [6.45, 7) is -5.25. The molecule has 0 saturated carbocycles. The highest BCUT2D eigenvalue weighted by Crippen LogP contribution is 1.98. The van der Waals surface area contributed by atoms with E-state index in [0.29, 0.717) is 0 Å². The Kier molecular flexibility index (Phi) is 20.0. The summed E-state index contributed by atoms with van der Waals surface area (Å²) in [6, 6.07) is -10.8. The van der Waals surface area contributed by atoms with E-state index in [1.54, 1.807) is 0 Å². The minimum atomic E-state index is -1.89. The zero-order valence-electron chi connectivity index (χ0n) is 26.4. The Balaban J connectivity index is 5.46. The largest absolute Gasteiger partial charge is 0.481 e.